The van der Waals surface area contributed by atoms with Crippen molar-refractivity contribution in [2.75, 3.05) is 6.61 Å². The molecule has 0 aromatic carbocycles. The largest absolute Gasteiger partial charge is 0.394 e. The smallest absolute Gasteiger partial charge is 0.249 e. The first kappa shape index (κ1) is 50.1. The number of allylic oxidation sites excluding steroid dienone is 2. The normalized spacial score (nSPS) is 14.2. The van der Waals surface area contributed by atoms with Crippen LogP contribution in [0.1, 0.15) is 239 Å². The summed E-state index contributed by atoms with van der Waals surface area (Å²) in [6, 6.07) is -0.984. The predicted molar refractivity (Wildman–Crippen MR) is 219 cm³/mol. The lowest BCUT2D eigenvalue weighted by atomic mass is 9.99. The van der Waals surface area contributed by atoms with Crippen molar-refractivity contribution in [2.24, 2.45) is 0 Å². The fourth-order valence-corrected chi connectivity index (χ4v) is 7.11. The second kappa shape index (κ2) is 40.2. The van der Waals surface area contributed by atoms with E-state index in [-0.39, 0.29) is 0 Å². The zero-order chi connectivity index (χ0) is 37.5. The number of amides is 1. The number of carbonyl (C=O) groups excluding carboxylic acids is 1. The van der Waals surface area contributed by atoms with Crippen LogP contribution in [0.5, 0.6) is 0 Å². The topological polar surface area (TPSA) is 110 Å². The first-order chi connectivity index (χ1) is 25.0. The van der Waals surface area contributed by atoms with Gasteiger partial charge in [0.25, 0.3) is 0 Å². The van der Waals surface area contributed by atoms with Gasteiger partial charge in [0.05, 0.1) is 18.8 Å². The number of hydrogen-bond donors (Lipinski definition) is 5. The molecule has 0 fully saturated rings. The molecule has 4 unspecified atom stereocenters. The van der Waals surface area contributed by atoms with E-state index in [1.807, 2.05) is 0 Å². The molecule has 51 heavy (non-hydrogen) atoms. The van der Waals surface area contributed by atoms with Gasteiger partial charge in [0.2, 0.25) is 5.91 Å². The highest BCUT2D eigenvalue weighted by Gasteiger charge is 2.28. The summed E-state index contributed by atoms with van der Waals surface area (Å²) in [5.41, 5.74) is 0. The Labute approximate surface area is 317 Å². The molecule has 6 heteroatoms. The molecule has 0 heterocycles. The Hall–Kier alpha value is -0.950. The summed E-state index contributed by atoms with van der Waals surface area (Å²) in [6.07, 6.45) is 43.8. The Balaban J connectivity index is 3.71. The molecule has 1 amide bonds. The molecule has 0 aromatic heterocycles. The van der Waals surface area contributed by atoms with Gasteiger partial charge in [-0.25, -0.2) is 0 Å². The minimum Gasteiger partial charge on any atom is -0.394 e. The van der Waals surface area contributed by atoms with Gasteiger partial charge in [0.15, 0.2) is 0 Å². The molecule has 6 nitrogen and oxygen atoms in total. The monoisotopic (exact) mass is 724 g/mol. The van der Waals surface area contributed by atoms with Crippen LogP contribution < -0.4 is 5.32 Å². The summed E-state index contributed by atoms with van der Waals surface area (Å²) < 4.78 is 0. The maximum atomic E-state index is 12.5. The Morgan fingerprint density at radius 1 is 0.471 bits per heavy atom. The molecule has 0 bridgehead atoms. The van der Waals surface area contributed by atoms with Gasteiger partial charge in [-0.2, -0.15) is 0 Å². The van der Waals surface area contributed by atoms with Gasteiger partial charge in [-0.15, -0.1) is 0 Å². The lowest BCUT2D eigenvalue weighted by molar-refractivity contribution is -0.132. The molecule has 0 saturated heterocycles. The number of unbranched alkanes of at least 4 members (excludes halogenated alkanes) is 30. The Kier molecular flexibility index (Phi) is 39.5. The SMILES string of the molecule is CCCCCCCCCCCCC/C=C\CCCCCCCCC(O)C(=O)NC(CO)C(O)C(O)CCCCCCCCCCCCCCCC. The third-order valence-electron chi connectivity index (χ3n) is 10.7. The molecule has 0 spiro atoms. The molecule has 0 saturated carbocycles. The summed E-state index contributed by atoms with van der Waals surface area (Å²) in [5, 5.41) is 43.7. The fourth-order valence-electron chi connectivity index (χ4n) is 7.11. The molecular weight excluding hydrogens is 634 g/mol. The summed E-state index contributed by atoms with van der Waals surface area (Å²) in [6.45, 7) is 4.06. The highest BCUT2D eigenvalue weighted by molar-refractivity contribution is 5.80. The van der Waals surface area contributed by atoms with Gasteiger partial charge in [0, 0.05) is 0 Å². The number of rotatable bonds is 41. The van der Waals surface area contributed by atoms with Crippen LogP contribution in [0.2, 0.25) is 0 Å². The number of aliphatic hydroxyl groups is 4. The van der Waals surface area contributed by atoms with Crippen molar-refractivity contribution in [2.45, 2.75) is 263 Å². The van der Waals surface area contributed by atoms with Gasteiger partial charge < -0.3 is 25.7 Å². The molecular formula is C45H89NO5. The number of hydrogen-bond acceptors (Lipinski definition) is 5. The van der Waals surface area contributed by atoms with E-state index in [1.165, 1.54) is 167 Å². The van der Waals surface area contributed by atoms with Gasteiger partial charge >= 0.3 is 0 Å². The van der Waals surface area contributed by atoms with Gasteiger partial charge in [-0.1, -0.05) is 212 Å². The molecule has 0 aromatic rings. The maximum Gasteiger partial charge on any atom is 0.249 e. The Bertz CT molecular complexity index is 731. The molecule has 0 radical (unpaired) electrons. The highest BCUT2D eigenvalue weighted by Crippen LogP contribution is 2.16. The van der Waals surface area contributed by atoms with E-state index in [9.17, 15) is 25.2 Å². The van der Waals surface area contributed by atoms with Crippen LogP contribution in [0.3, 0.4) is 0 Å². The van der Waals surface area contributed by atoms with Crippen molar-refractivity contribution in [3.8, 4) is 0 Å². The fraction of sp³-hybridized carbons (Fsp3) is 0.933. The average Bonchev–Trinajstić information content (AvgIpc) is 3.13. The number of nitrogens with one attached hydrogen (secondary N) is 1. The molecule has 304 valence electrons. The number of carbonyl (C=O) groups is 1. The Morgan fingerprint density at radius 2 is 0.784 bits per heavy atom. The standard InChI is InChI=1S/C45H89NO5/c1-3-5-7-9-11-13-15-17-19-20-21-22-23-24-25-27-29-31-33-35-37-39-43(49)45(51)46-41(40-47)44(50)42(48)38-36-34-32-30-28-26-18-16-14-12-10-8-6-4-2/h23-24,41-44,47-50H,3-22,25-40H2,1-2H3,(H,46,51)/b24-23-. The zero-order valence-electron chi connectivity index (χ0n) is 34.1. The zero-order valence-corrected chi connectivity index (χ0v) is 34.1. The van der Waals surface area contributed by atoms with Crippen LogP contribution in [-0.2, 0) is 4.79 Å². The molecule has 0 aliphatic heterocycles. The lowest BCUT2D eigenvalue weighted by Crippen LogP contribution is -2.53. The molecule has 0 aliphatic rings. The lowest BCUT2D eigenvalue weighted by Gasteiger charge is -2.27. The summed E-state index contributed by atoms with van der Waals surface area (Å²) >= 11 is 0. The van der Waals surface area contributed by atoms with E-state index >= 15 is 0 Å². The molecule has 5 N–H and O–H groups in total. The first-order valence-electron chi connectivity index (χ1n) is 22.6. The second-order valence-corrected chi connectivity index (χ2v) is 15.8. The van der Waals surface area contributed by atoms with Crippen LogP contribution in [0.25, 0.3) is 0 Å². The van der Waals surface area contributed by atoms with Crippen molar-refractivity contribution in [1.82, 2.24) is 5.32 Å². The van der Waals surface area contributed by atoms with E-state index in [4.69, 9.17) is 0 Å². The second-order valence-electron chi connectivity index (χ2n) is 15.8. The third-order valence-corrected chi connectivity index (χ3v) is 10.7. The molecule has 0 aliphatic carbocycles. The Morgan fingerprint density at radius 3 is 1.14 bits per heavy atom. The van der Waals surface area contributed by atoms with E-state index in [2.05, 4.69) is 31.3 Å². The van der Waals surface area contributed by atoms with Crippen LogP contribution in [0, 0.1) is 0 Å². The van der Waals surface area contributed by atoms with E-state index in [1.54, 1.807) is 0 Å². The predicted octanol–water partition coefficient (Wildman–Crippen LogP) is 11.8. The van der Waals surface area contributed by atoms with Gasteiger partial charge in [-0.05, 0) is 38.5 Å². The minimum absolute atomic E-state index is 0.365. The summed E-state index contributed by atoms with van der Waals surface area (Å²) in [4.78, 5) is 12.5. The van der Waals surface area contributed by atoms with Gasteiger partial charge in [0.1, 0.15) is 12.2 Å². The summed E-state index contributed by atoms with van der Waals surface area (Å²) in [7, 11) is 0. The van der Waals surface area contributed by atoms with Crippen LogP contribution in [-0.4, -0.2) is 57.3 Å². The van der Waals surface area contributed by atoms with Crippen molar-refractivity contribution in [1.29, 1.82) is 0 Å². The first-order valence-corrected chi connectivity index (χ1v) is 22.6. The van der Waals surface area contributed by atoms with Crippen LogP contribution in [0.4, 0.5) is 0 Å². The van der Waals surface area contributed by atoms with E-state index in [0.717, 1.165) is 44.9 Å². The van der Waals surface area contributed by atoms with Crippen molar-refractivity contribution in [3.63, 3.8) is 0 Å². The molecule has 4 atom stereocenters. The van der Waals surface area contributed by atoms with Crippen molar-refractivity contribution >= 4 is 5.91 Å². The van der Waals surface area contributed by atoms with Crippen LogP contribution in [0.15, 0.2) is 12.2 Å². The van der Waals surface area contributed by atoms with E-state index in [0.29, 0.717) is 12.8 Å². The van der Waals surface area contributed by atoms with Gasteiger partial charge in [-0.3, -0.25) is 4.79 Å². The van der Waals surface area contributed by atoms with Crippen LogP contribution >= 0.6 is 0 Å². The quantitative estimate of drug-likeness (QED) is 0.0319. The number of aliphatic hydroxyl groups excluding tert-OH is 4. The molecule has 0 rings (SSSR count). The van der Waals surface area contributed by atoms with E-state index < -0.39 is 36.9 Å². The third kappa shape index (κ3) is 34.6. The average molecular weight is 724 g/mol. The minimum atomic E-state index is -1.26. The maximum absolute atomic E-state index is 12.5. The van der Waals surface area contributed by atoms with Crippen molar-refractivity contribution < 1.29 is 25.2 Å². The highest BCUT2D eigenvalue weighted by atomic mass is 16.3. The van der Waals surface area contributed by atoms with Crippen molar-refractivity contribution in [3.05, 3.63) is 12.2 Å². The summed E-state index contributed by atoms with van der Waals surface area (Å²) in [5.74, 6) is -0.586.